The first-order valence-corrected chi connectivity index (χ1v) is 5.54. The van der Waals surface area contributed by atoms with Gasteiger partial charge in [0.25, 0.3) is 0 Å². The molecule has 1 aromatic rings. The van der Waals surface area contributed by atoms with Gasteiger partial charge in [0.15, 0.2) is 5.79 Å². The van der Waals surface area contributed by atoms with Gasteiger partial charge in [-0.1, -0.05) is 0 Å². The molecule has 0 amide bonds. The average molecular weight is 239 g/mol. The summed E-state index contributed by atoms with van der Waals surface area (Å²) in [6.45, 7) is 5.46. The van der Waals surface area contributed by atoms with Crippen molar-refractivity contribution in [3.05, 3.63) is 12.3 Å². The molecule has 0 unspecified atom stereocenters. The van der Waals surface area contributed by atoms with E-state index in [-0.39, 0.29) is 11.9 Å². The minimum Gasteiger partial charge on any atom is -0.463 e. The molecule has 0 atom stereocenters. The number of rotatable bonds is 3. The standard InChI is InChI=1S/C11H17N3O3/c1-11(2)16-6-8(7-17-11)5-15-10-13-4-3-9(12)14-10/h3-4,8H,5-7H2,1-2H3,(H2,12,13,14). The molecular weight excluding hydrogens is 222 g/mol. The van der Waals surface area contributed by atoms with Gasteiger partial charge in [-0.2, -0.15) is 4.98 Å². The molecule has 1 aromatic heterocycles. The SMILES string of the molecule is CC1(C)OCC(COc2nccc(N)n2)CO1. The van der Waals surface area contributed by atoms with Gasteiger partial charge in [-0.15, -0.1) is 0 Å². The van der Waals surface area contributed by atoms with Gasteiger partial charge < -0.3 is 19.9 Å². The Labute approximate surface area is 100 Å². The van der Waals surface area contributed by atoms with Crippen LogP contribution >= 0.6 is 0 Å². The van der Waals surface area contributed by atoms with Gasteiger partial charge in [0, 0.05) is 12.1 Å². The van der Waals surface area contributed by atoms with Crippen molar-refractivity contribution in [1.82, 2.24) is 9.97 Å². The predicted octanol–water partition coefficient (Wildman–Crippen LogP) is 0.837. The Bertz CT molecular complexity index is 374. The van der Waals surface area contributed by atoms with Crippen LogP contribution in [0, 0.1) is 5.92 Å². The second-order valence-corrected chi connectivity index (χ2v) is 4.46. The van der Waals surface area contributed by atoms with E-state index >= 15 is 0 Å². The zero-order chi connectivity index (χ0) is 12.3. The number of anilines is 1. The summed E-state index contributed by atoms with van der Waals surface area (Å²) in [4.78, 5) is 7.91. The molecule has 2 rings (SSSR count). The summed E-state index contributed by atoms with van der Waals surface area (Å²) in [6, 6.07) is 1.90. The molecule has 0 aromatic carbocycles. The Morgan fingerprint density at radius 3 is 2.82 bits per heavy atom. The fourth-order valence-corrected chi connectivity index (χ4v) is 1.44. The lowest BCUT2D eigenvalue weighted by molar-refractivity contribution is -0.264. The fourth-order valence-electron chi connectivity index (χ4n) is 1.44. The van der Waals surface area contributed by atoms with E-state index in [0.29, 0.717) is 25.6 Å². The van der Waals surface area contributed by atoms with E-state index in [0.717, 1.165) is 0 Å². The van der Waals surface area contributed by atoms with Crippen molar-refractivity contribution in [2.24, 2.45) is 5.92 Å². The molecule has 6 nitrogen and oxygen atoms in total. The first-order valence-electron chi connectivity index (χ1n) is 5.54. The lowest BCUT2D eigenvalue weighted by Gasteiger charge is -2.34. The van der Waals surface area contributed by atoms with Gasteiger partial charge in [-0.25, -0.2) is 4.98 Å². The predicted molar refractivity (Wildman–Crippen MR) is 61.4 cm³/mol. The van der Waals surface area contributed by atoms with Gasteiger partial charge in [-0.3, -0.25) is 0 Å². The molecule has 2 N–H and O–H groups in total. The van der Waals surface area contributed by atoms with Crippen LogP contribution in [0.4, 0.5) is 5.82 Å². The smallest absolute Gasteiger partial charge is 0.318 e. The van der Waals surface area contributed by atoms with Crippen molar-refractivity contribution in [3.8, 4) is 6.01 Å². The van der Waals surface area contributed by atoms with E-state index in [9.17, 15) is 0 Å². The van der Waals surface area contributed by atoms with E-state index < -0.39 is 5.79 Å². The molecule has 0 spiro atoms. The first kappa shape index (κ1) is 12.1. The largest absolute Gasteiger partial charge is 0.463 e. The molecule has 2 heterocycles. The van der Waals surface area contributed by atoms with Gasteiger partial charge in [-0.05, 0) is 19.9 Å². The molecule has 1 aliphatic rings. The van der Waals surface area contributed by atoms with E-state index in [1.54, 1.807) is 12.3 Å². The Morgan fingerprint density at radius 2 is 2.18 bits per heavy atom. The van der Waals surface area contributed by atoms with Crippen LogP contribution in [0.3, 0.4) is 0 Å². The first-order chi connectivity index (χ1) is 8.05. The van der Waals surface area contributed by atoms with Crippen LogP contribution in [0.2, 0.25) is 0 Å². The number of ether oxygens (including phenoxy) is 3. The molecule has 1 aliphatic heterocycles. The zero-order valence-electron chi connectivity index (χ0n) is 10.0. The van der Waals surface area contributed by atoms with E-state index in [1.807, 2.05) is 13.8 Å². The minimum absolute atomic E-state index is 0.188. The summed E-state index contributed by atoms with van der Waals surface area (Å²) in [5.41, 5.74) is 5.52. The van der Waals surface area contributed by atoms with Gasteiger partial charge >= 0.3 is 6.01 Å². The quantitative estimate of drug-likeness (QED) is 0.841. The lowest BCUT2D eigenvalue weighted by atomic mass is 10.1. The Morgan fingerprint density at radius 1 is 1.47 bits per heavy atom. The van der Waals surface area contributed by atoms with Crippen molar-refractivity contribution in [2.45, 2.75) is 19.6 Å². The summed E-state index contributed by atoms with van der Waals surface area (Å²) in [5.74, 6) is 0.0878. The number of hydrogen-bond acceptors (Lipinski definition) is 6. The molecule has 6 heteroatoms. The number of nitrogens with zero attached hydrogens (tertiary/aromatic N) is 2. The van der Waals surface area contributed by atoms with Crippen LogP contribution in [0.1, 0.15) is 13.8 Å². The second kappa shape index (κ2) is 4.85. The maximum atomic E-state index is 5.52. The fraction of sp³-hybridized carbons (Fsp3) is 0.636. The average Bonchev–Trinajstić information content (AvgIpc) is 2.28. The van der Waals surface area contributed by atoms with Gasteiger partial charge in [0.05, 0.1) is 19.8 Å². The van der Waals surface area contributed by atoms with Gasteiger partial charge in [0.1, 0.15) is 5.82 Å². The van der Waals surface area contributed by atoms with Crippen LogP contribution in [0.25, 0.3) is 0 Å². The van der Waals surface area contributed by atoms with Crippen LogP contribution in [0.15, 0.2) is 12.3 Å². The van der Waals surface area contributed by atoms with Crippen molar-refractivity contribution in [3.63, 3.8) is 0 Å². The molecular formula is C11H17N3O3. The number of nitrogens with two attached hydrogens (primary N) is 1. The molecule has 1 fully saturated rings. The summed E-state index contributed by atoms with van der Waals surface area (Å²) >= 11 is 0. The van der Waals surface area contributed by atoms with Crippen molar-refractivity contribution in [2.75, 3.05) is 25.6 Å². The molecule has 0 bridgehead atoms. The molecule has 94 valence electrons. The highest BCUT2D eigenvalue weighted by Crippen LogP contribution is 2.20. The van der Waals surface area contributed by atoms with Crippen LogP contribution < -0.4 is 10.5 Å². The topological polar surface area (TPSA) is 79.5 Å². The van der Waals surface area contributed by atoms with Gasteiger partial charge in [0.2, 0.25) is 0 Å². The highest BCUT2D eigenvalue weighted by Gasteiger charge is 2.28. The normalized spacial score (nSPS) is 20.1. The van der Waals surface area contributed by atoms with Crippen molar-refractivity contribution >= 4 is 5.82 Å². The van der Waals surface area contributed by atoms with E-state index in [1.165, 1.54) is 0 Å². The molecule has 0 aliphatic carbocycles. The Balaban J connectivity index is 1.80. The Hall–Kier alpha value is -1.40. The maximum absolute atomic E-state index is 5.52. The minimum atomic E-state index is -0.496. The maximum Gasteiger partial charge on any atom is 0.318 e. The molecule has 1 saturated heterocycles. The third kappa shape index (κ3) is 3.54. The number of aromatic nitrogens is 2. The molecule has 0 saturated carbocycles. The van der Waals surface area contributed by atoms with Crippen molar-refractivity contribution in [1.29, 1.82) is 0 Å². The highest BCUT2D eigenvalue weighted by molar-refractivity contribution is 5.26. The van der Waals surface area contributed by atoms with E-state index in [4.69, 9.17) is 19.9 Å². The monoisotopic (exact) mass is 239 g/mol. The summed E-state index contributed by atoms with van der Waals surface area (Å²) in [7, 11) is 0. The highest BCUT2D eigenvalue weighted by atomic mass is 16.7. The molecule has 17 heavy (non-hydrogen) atoms. The van der Waals surface area contributed by atoms with Crippen molar-refractivity contribution < 1.29 is 14.2 Å². The third-order valence-electron chi connectivity index (χ3n) is 2.44. The van der Waals surface area contributed by atoms with Crippen LogP contribution in [0.5, 0.6) is 6.01 Å². The zero-order valence-corrected chi connectivity index (χ0v) is 10.0. The lowest BCUT2D eigenvalue weighted by Crippen LogP contribution is -2.41. The second-order valence-electron chi connectivity index (χ2n) is 4.46. The molecule has 0 radical (unpaired) electrons. The Kier molecular flexibility index (Phi) is 3.44. The van der Waals surface area contributed by atoms with Crippen LogP contribution in [-0.4, -0.2) is 35.6 Å². The summed E-state index contributed by atoms with van der Waals surface area (Å²) in [6.07, 6.45) is 1.56. The third-order valence-corrected chi connectivity index (χ3v) is 2.44. The number of hydrogen-bond donors (Lipinski definition) is 1. The van der Waals surface area contributed by atoms with E-state index in [2.05, 4.69) is 9.97 Å². The summed E-state index contributed by atoms with van der Waals surface area (Å²) in [5, 5.41) is 0. The summed E-state index contributed by atoms with van der Waals surface area (Å²) < 4.78 is 16.5. The van der Waals surface area contributed by atoms with Crippen LogP contribution in [-0.2, 0) is 9.47 Å². The number of nitrogen functional groups attached to an aromatic ring is 1.